The van der Waals surface area contributed by atoms with Gasteiger partial charge in [-0.2, -0.15) is 0 Å². The van der Waals surface area contributed by atoms with Crippen molar-refractivity contribution in [3.05, 3.63) is 67.0 Å². The number of nitrogens with zero attached hydrogens (tertiary/aromatic N) is 2. The molecule has 0 atom stereocenters. The normalized spacial score (nSPS) is 10.9. The van der Waals surface area contributed by atoms with Gasteiger partial charge in [-0.1, -0.05) is 18.2 Å². The number of nitrogens with one attached hydrogen (secondary N) is 1. The van der Waals surface area contributed by atoms with Crippen LogP contribution in [0.5, 0.6) is 17.5 Å². The first-order valence-corrected chi connectivity index (χ1v) is 8.77. The van der Waals surface area contributed by atoms with Crippen LogP contribution in [0.3, 0.4) is 0 Å². The minimum absolute atomic E-state index is 0.101. The van der Waals surface area contributed by atoms with Crippen LogP contribution in [0, 0.1) is 0 Å². The molecule has 0 saturated carbocycles. The Balaban J connectivity index is 1.73. The molecule has 0 spiro atoms. The first kappa shape index (κ1) is 16.7. The Morgan fingerprint density at radius 3 is 2.08 bits per heavy atom. The van der Waals surface area contributed by atoms with E-state index in [0.29, 0.717) is 11.5 Å². The molecule has 25 heavy (non-hydrogen) atoms. The number of methoxy groups -OCH3 is 1. The molecule has 1 aromatic heterocycles. The molecule has 0 aliphatic carbocycles. The summed E-state index contributed by atoms with van der Waals surface area (Å²) in [5.74, 6) is 1.21. The molecule has 3 aromatic rings. The topological polar surface area (TPSA) is 90.4 Å². The maximum Gasteiger partial charge on any atom is 0.316 e. The highest BCUT2D eigenvalue weighted by Gasteiger charge is 2.15. The van der Waals surface area contributed by atoms with Crippen LogP contribution in [0.25, 0.3) is 0 Å². The summed E-state index contributed by atoms with van der Waals surface area (Å²) >= 11 is 0. The van der Waals surface area contributed by atoms with Crippen LogP contribution >= 0.6 is 0 Å². The van der Waals surface area contributed by atoms with E-state index in [-0.39, 0.29) is 16.6 Å². The molecule has 7 nitrogen and oxygen atoms in total. The molecule has 0 aliphatic rings. The molecule has 3 rings (SSSR count). The van der Waals surface area contributed by atoms with Gasteiger partial charge in [-0.25, -0.2) is 18.4 Å². The van der Waals surface area contributed by atoms with Crippen LogP contribution in [-0.2, 0) is 10.0 Å². The van der Waals surface area contributed by atoms with Gasteiger partial charge < -0.3 is 9.47 Å². The minimum atomic E-state index is -3.75. The van der Waals surface area contributed by atoms with Crippen molar-refractivity contribution in [2.24, 2.45) is 0 Å². The van der Waals surface area contributed by atoms with E-state index < -0.39 is 10.0 Å². The van der Waals surface area contributed by atoms with Crippen LogP contribution < -0.4 is 14.2 Å². The van der Waals surface area contributed by atoms with Gasteiger partial charge >= 0.3 is 6.01 Å². The average molecular weight is 357 g/mol. The Labute approximate surface area is 145 Å². The number of rotatable bonds is 6. The van der Waals surface area contributed by atoms with E-state index in [1.54, 1.807) is 12.1 Å². The lowest BCUT2D eigenvalue weighted by Gasteiger charge is -2.09. The Hall–Kier alpha value is -3.13. The number of ether oxygens (including phenoxy) is 2. The number of para-hydroxylation sites is 1. The molecule has 0 saturated heterocycles. The highest BCUT2D eigenvalue weighted by molar-refractivity contribution is 7.92. The highest BCUT2D eigenvalue weighted by Crippen LogP contribution is 2.23. The number of benzene rings is 2. The SMILES string of the molecule is COc1ncc(NS(=O)(=O)c2ccc(Oc3ccccc3)cc2)cn1. The zero-order chi connectivity index (χ0) is 17.7. The Morgan fingerprint density at radius 1 is 0.880 bits per heavy atom. The molecule has 1 heterocycles. The number of aromatic nitrogens is 2. The zero-order valence-electron chi connectivity index (χ0n) is 13.3. The van der Waals surface area contributed by atoms with E-state index in [2.05, 4.69) is 14.7 Å². The first-order chi connectivity index (χ1) is 12.1. The van der Waals surface area contributed by atoms with E-state index in [4.69, 9.17) is 9.47 Å². The maximum absolute atomic E-state index is 12.4. The second-order valence-corrected chi connectivity index (χ2v) is 6.63. The highest BCUT2D eigenvalue weighted by atomic mass is 32.2. The second-order valence-electron chi connectivity index (χ2n) is 4.95. The largest absolute Gasteiger partial charge is 0.467 e. The average Bonchev–Trinajstić information content (AvgIpc) is 2.63. The molecule has 2 aromatic carbocycles. The van der Waals surface area contributed by atoms with Crippen molar-refractivity contribution in [2.75, 3.05) is 11.8 Å². The third-order valence-electron chi connectivity index (χ3n) is 3.18. The summed E-state index contributed by atoms with van der Waals surface area (Å²) in [7, 11) is -2.32. The fraction of sp³-hybridized carbons (Fsp3) is 0.0588. The second kappa shape index (κ2) is 7.18. The van der Waals surface area contributed by atoms with Gasteiger partial charge in [0.25, 0.3) is 10.0 Å². The molecule has 0 aliphatic heterocycles. The number of anilines is 1. The Bertz CT molecular complexity index is 928. The molecular weight excluding hydrogens is 342 g/mol. The summed E-state index contributed by atoms with van der Waals surface area (Å²) in [5, 5.41) is 0. The molecule has 0 radical (unpaired) electrons. The van der Waals surface area contributed by atoms with Crippen molar-refractivity contribution >= 4 is 15.7 Å². The summed E-state index contributed by atoms with van der Waals surface area (Å²) in [6.07, 6.45) is 2.66. The molecule has 128 valence electrons. The fourth-order valence-electron chi connectivity index (χ4n) is 2.00. The van der Waals surface area contributed by atoms with E-state index >= 15 is 0 Å². The summed E-state index contributed by atoms with van der Waals surface area (Å²) in [5.41, 5.74) is 0.241. The van der Waals surface area contributed by atoms with E-state index in [1.807, 2.05) is 30.3 Å². The zero-order valence-corrected chi connectivity index (χ0v) is 14.1. The standard InChI is InChI=1S/C17H15N3O4S/c1-23-17-18-11-13(12-19-17)20-25(21,22)16-9-7-15(8-10-16)24-14-5-3-2-4-6-14/h2-12,20H,1H3. The Kier molecular flexibility index (Phi) is 4.80. The number of sulfonamides is 1. The predicted octanol–water partition coefficient (Wildman–Crippen LogP) is 3.08. The quantitative estimate of drug-likeness (QED) is 0.729. The van der Waals surface area contributed by atoms with Crippen molar-refractivity contribution < 1.29 is 17.9 Å². The van der Waals surface area contributed by atoms with Crippen molar-refractivity contribution in [3.8, 4) is 17.5 Å². The van der Waals surface area contributed by atoms with Gasteiger partial charge in [-0.3, -0.25) is 4.72 Å². The third kappa shape index (κ3) is 4.24. The van der Waals surface area contributed by atoms with Crippen LogP contribution in [0.1, 0.15) is 0 Å². The van der Waals surface area contributed by atoms with Gasteiger partial charge in [-0.05, 0) is 36.4 Å². The van der Waals surface area contributed by atoms with Crippen molar-refractivity contribution in [1.29, 1.82) is 0 Å². The lowest BCUT2D eigenvalue weighted by Crippen LogP contribution is -2.13. The van der Waals surface area contributed by atoms with E-state index in [0.717, 1.165) is 0 Å². The van der Waals surface area contributed by atoms with Gasteiger partial charge in [0.1, 0.15) is 11.5 Å². The summed E-state index contributed by atoms with van der Waals surface area (Å²) < 4.78 is 37.7. The van der Waals surface area contributed by atoms with Crippen molar-refractivity contribution in [1.82, 2.24) is 9.97 Å². The summed E-state index contributed by atoms with van der Waals surface area (Å²) in [4.78, 5) is 7.81. The van der Waals surface area contributed by atoms with Crippen LogP contribution in [-0.4, -0.2) is 25.5 Å². The van der Waals surface area contributed by atoms with Gasteiger partial charge in [0.2, 0.25) is 0 Å². The summed E-state index contributed by atoms with van der Waals surface area (Å²) in [6.45, 7) is 0. The Morgan fingerprint density at radius 2 is 1.48 bits per heavy atom. The smallest absolute Gasteiger partial charge is 0.316 e. The number of hydrogen-bond donors (Lipinski definition) is 1. The molecule has 0 fully saturated rings. The maximum atomic E-state index is 12.4. The van der Waals surface area contributed by atoms with Crippen molar-refractivity contribution in [2.45, 2.75) is 4.90 Å². The van der Waals surface area contributed by atoms with Crippen LogP contribution in [0.2, 0.25) is 0 Å². The molecular formula is C17H15N3O4S. The van der Waals surface area contributed by atoms with Crippen LogP contribution in [0.4, 0.5) is 5.69 Å². The molecule has 8 heteroatoms. The molecule has 0 amide bonds. The number of hydrogen-bond acceptors (Lipinski definition) is 6. The molecule has 1 N–H and O–H groups in total. The first-order valence-electron chi connectivity index (χ1n) is 7.29. The van der Waals surface area contributed by atoms with Gasteiger partial charge in [0.05, 0.1) is 30.1 Å². The fourth-order valence-corrected chi connectivity index (χ4v) is 3.03. The lowest BCUT2D eigenvalue weighted by atomic mass is 10.3. The third-order valence-corrected chi connectivity index (χ3v) is 4.57. The van der Waals surface area contributed by atoms with Gasteiger partial charge in [0.15, 0.2) is 0 Å². The van der Waals surface area contributed by atoms with E-state index in [1.165, 1.54) is 31.6 Å². The van der Waals surface area contributed by atoms with Crippen LogP contribution in [0.15, 0.2) is 71.9 Å². The van der Waals surface area contributed by atoms with Gasteiger partial charge in [0, 0.05) is 0 Å². The van der Waals surface area contributed by atoms with Gasteiger partial charge in [-0.15, -0.1) is 0 Å². The minimum Gasteiger partial charge on any atom is -0.467 e. The summed E-state index contributed by atoms with van der Waals surface area (Å²) in [6, 6.07) is 15.5. The lowest BCUT2D eigenvalue weighted by molar-refractivity contribution is 0.380. The van der Waals surface area contributed by atoms with Crippen molar-refractivity contribution in [3.63, 3.8) is 0 Å². The molecule has 0 unspecified atom stereocenters. The molecule has 0 bridgehead atoms. The monoisotopic (exact) mass is 357 g/mol. The van der Waals surface area contributed by atoms with E-state index in [9.17, 15) is 8.42 Å². The predicted molar refractivity (Wildman–Crippen MR) is 92.4 cm³/mol.